The Morgan fingerprint density at radius 1 is 0.880 bits per heavy atom. The zero-order valence-corrected chi connectivity index (χ0v) is 15.2. The van der Waals surface area contributed by atoms with Crippen molar-refractivity contribution in [2.45, 2.75) is 18.4 Å². The first-order valence-electron chi connectivity index (χ1n) is 8.41. The number of benzene rings is 3. The van der Waals surface area contributed by atoms with E-state index in [4.69, 9.17) is 0 Å². The van der Waals surface area contributed by atoms with Gasteiger partial charge < -0.3 is 5.32 Å². The van der Waals surface area contributed by atoms with Crippen LogP contribution in [0.2, 0.25) is 0 Å². The molecule has 3 aromatic carbocycles. The van der Waals surface area contributed by atoms with Gasteiger partial charge in [-0.3, -0.25) is 4.79 Å². The highest BCUT2D eigenvalue weighted by Gasteiger charge is 2.34. The molecule has 0 saturated heterocycles. The van der Waals surface area contributed by atoms with Crippen molar-refractivity contribution in [1.29, 1.82) is 0 Å². The van der Waals surface area contributed by atoms with Gasteiger partial charge in [0.1, 0.15) is 0 Å². The fraction of sp³-hybridized carbons (Fsp3) is 0.136. The molecule has 0 spiro atoms. The van der Waals surface area contributed by atoms with Crippen LogP contribution in [0.5, 0.6) is 0 Å². The van der Waals surface area contributed by atoms with Crippen molar-refractivity contribution in [2.75, 3.05) is 0 Å². The van der Waals surface area contributed by atoms with Gasteiger partial charge in [-0.2, -0.15) is 0 Å². The van der Waals surface area contributed by atoms with E-state index < -0.39 is 0 Å². The van der Waals surface area contributed by atoms with Crippen LogP contribution in [0.15, 0.2) is 83.3 Å². The molecule has 0 saturated carbocycles. The highest BCUT2D eigenvalue weighted by molar-refractivity contribution is 9.10. The Hall–Kier alpha value is -2.39. The second-order valence-electron chi connectivity index (χ2n) is 6.38. The molecule has 1 N–H and O–H groups in total. The third kappa shape index (κ3) is 3.24. The van der Waals surface area contributed by atoms with E-state index in [-0.39, 0.29) is 17.9 Å². The summed E-state index contributed by atoms with van der Waals surface area (Å²) >= 11 is 3.41. The van der Waals surface area contributed by atoms with Crippen LogP contribution in [0.4, 0.5) is 0 Å². The molecule has 25 heavy (non-hydrogen) atoms. The van der Waals surface area contributed by atoms with Crippen molar-refractivity contribution in [3.05, 3.63) is 106 Å². The largest absolute Gasteiger partial charge is 0.348 e. The van der Waals surface area contributed by atoms with Crippen molar-refractivity contribution in [2.24, 2.45) is 0 Å². The van der Waals surface area contributed by atoms with Crippen LogP contribution in [0.1, 0.15) is 33.0 Å². The fourth-order valence-electron chi connectivity index (χ4n) is 3.65. The first-order chi connectivity index (χ1) is 12.2. The highest BCUT2D eigenvalue weighted by atomic mass is 79.9. The van der Waals surface area contributed by atoms with Crippen LogP contribution in [0.3, 0.4) is 0 Å². The Morgan fingerprint density at radius 3 is 2.32 bits per heavy atom. The molecule has 3 heteroatoms. The van der Waals surface area contributed by atoms with Gasteiger partial charge in [0.2, 0.25) is 0 Å². The number of nitrogens with one attached hydrogen (secondary N) is 1. The van der Waals surface area contributed by atoms with Crippen molar-refractivity contribution in [3.8, 4) is 0 Å². The molecule has 0 fully saturated rings. The maximum Gasteiger partial charge on any atom is 0.251 e. The minimum absolute atomic E-state index is 0.0220. The van der Waals surface area contributed by atoms with E-state index >= 15 is 0 Å². The zero-order valence-electron chi connectivity index (χ0n) is 13.7. The SMILES string of the molecule is O=C(NC1Cc2ccccc2C1c1ccccc1)c1ccc(Br)cc1. The van der Waals surface area contributed by atoms with Crippen molar-refractivity contribution < 1.29 is 4.79 Å². The summed E-state index contributed by atoms with van der Waals surface area (Å²) in [5.74, 6) is 0.169. The maximum absolute atomic E-state index is 12.7. The smallest absolute Gasteiger partial charge is 0.251 e. The molecular weight excluding hydrogens is 374 g/mol. The molecule has 1 amide bonds. The first-order valence-corrected chi connectivity index (χ1v) is 9.21. The summed E-state index contributed by atoms with van der Waals surface area (Å²) in [4.78, 5) is 12.7. The van der Waals surface area contributed by atoms with Crippen molar-refractivity contribution in [1.82, 2.24) is 5.32 Å². The normalized spacial score (nSPS) is 18.6. The number of fused-ring (bicyclic) bond motifs is 1. The van der Waals surface area contributed by atoms with Gasteiger partial charge in [0, 0.05) is 22.0 Å². The molecule has 0 bridgehead atoms. The minimum Gasteiger partial charge on any atom is -0.348 e. The molecular formula is C22H18BrNO. The average Bonchev–Trinajstić information content (AvgIpc) is 3.00. The Morgan fingerprint density at radius 2 is 1.56 bits per heavy atom. The molecule has 3 aromatic rings. The van der Waals surface area contributed by atoms with Crippen molar-refractivity contribution in [3.63, 3.8) is 0 Å². The van der Waals surface area contributed by atoms with Crippen LogP contribution in [0, 0.1) is 0 Å². The maximum atomic E-state index is 12.7. The molecule has 2 nitrogen and oxygen atoms in total. The summed E-state index contributed by atoms with van der Waals surface area (Å²) in [6, 6.07) is 26.5. The topological polar surface area (TPSA) is 29.1 Å². The summed E-state index contributed by atoms with van der Waals surface area (Å²) < 4.78 is 0.972. The van der Waals surface area contributed by atoms with Crippen LogP contribution < -0.4 is 5.32 Å². The Kier molecular flexibility index (Phi) is 4.41. The van der Waals surface area contributed by atoms with Gasteiger partial charge in [0.15, 0.2) is 0 Å². The molecule has 4 rings (SSSR count). The summed E-state index contributed by atoms with van der Waals surface area (Å²) in [5.41, 5.74) is 4.56. The second kappa shape index (κ2) is 6.85. The standard InChI is InChI=1S/C22H18BrNO/c23-18-12-10-16(11-13-18)22(25)24-20-14-17-8-4-5-9-19(17)21(20)15-6-2-1-3-7-15/h1-13,20-21H,14H2,(H,24,25). The number of rotatable bonds is 3. The lowest BCUT2D eigenvalue weighted by Gasteiger charge is -2.22. The van der Waals surface area contributed by atoms with Gasteiger partial charge in [-0.25, -0.2) is 0 Å². The van der Waals surface area contributed by atoms with E-state index in [0.717, 1.165) is 10.9 Å². The van der Waals surface area contributed by atoms with E-state index in [9.17, 15) is 4.79 Å². The number of hydrogen-bond acceptors (Lipinski definition) is 1. The Bertz CT molecular complexity index is 889. The fourth-order valence-corrected chi connectivity index (χ4v) is 3.92. The third-order valence-corrected chi connectivity index (χ3v) is 5.34. The number of carbonyl (C=O) groups is 1. The molecule has 124 valence electrons. The quantitative estimate of drug-likeness (QED) is 0.673. The monoisotopic (exact) mass is 391 g/mol. The highest BCUT2D eigenvalue weighted by Crippen LogP contribution is 2.38. The van der Waals surface area contributed by atoms with Gasteiger partial charge >= 0.3 is 0 Å². The average molecular weight is 392 g/mol. The Labute approximate surface area is 156 Å². The van der Waals surface area contributed by atoms with Gasteiger partial charge in [0.25, 0.3) is 5.91 Å². The van der Waals surface area contributed by atoms with E-state index in [2.05, 4.69) is 69.8 Å². The zero-order chi connectivity index (χ0) is 17.2. The summed E-state index contributed by atoms with van der Waals surface area (Å²) in [6.45, 7) is 0. The number of amides is 1. The summed E-state index contributed by atoms with van der Waals surface area (Å²) in [5, 5.41) is 3.26. The number of hydrogen-bond donors (Lipinski definition) is 1. The van der Waals surface area contributed by atoms with Crippen LogP contribution in [-0.4, -0.2) is 11.9 Å². The minimum atomic E-state index is -0.0220. The molecule has 0 radical (unpaired) electrons. The molecule has 0 aliphatic heterocycles. The molecule has 0 aromatic heterocycles. The van der Waals surface area contributed by atoms with Gasteiger partial charge in [0.05, 0.1) is 0 Å². The molecule has 1 aliphatic carbocycles. The van der Waals surface area contributed by atoms with E-state index in [0.29, 0.717) is 5.56 Å². The van der Waals surface area contributed by atoms with Gasteiger partial charge in [-0.1, -0.05) is 70.5 Å². The molecule has 1 aliphatic rings. The predicted molar refractivity (Wildman–Crippen MR) is 104 cm³/mol. The lowest BCUT2D eigenvalue weighted by molar-refractivity contribution is 0.0935. The van der Waals surface area contributed by atoms with Crippen LogP contribution in [-0.2, 0) is 6.42 Å². The van der Waals surface area contributed by atoms with Crippen molar-refractivity contribution >= 4 is 21.8 Å². The molecule has 0 heterocycles. The lowest BCUT2D eigenvalue weighted by atomic mass is 9.90. The first kappa shape index (κ1) is 16.1. The predicted octanol–water partition coefficient (Wildman–Crippen LogP) is 4.94. The van der Waals surface area contributed by atoms with E-state index in [1.807, 2.05) is 30.3 Å². The van der Waals surface area contributed by atoms with Gasteiger partial charge in [-0.15, -0.1) is 0 Å². The second-order valence-corrected chi connectivity index (χ2v) is 7.29. The summed E-state index contributed by atoms with van der Waals surface area (Å²) in [6.07, 6.45) is 0.859. The van der Waals surface area contributed by atoms with E-state index in [1.54, 1.807) is 0 Å². The number of carbonyl (C=O) groups excluding carboxylic acids is 1. The van der Waals surface area contributed by atoms with Crippen LogP contribution >= 0.6 is 15.9 Å². The molecule has 2 unspecified atom stereocenters. The van der Waals surface area contributed by atoms with Crippen LogP contribution in [0.25, 0.3) is 0 Å². The summed E-state index contributed by atoms with van der Waals surface area (Å²) in [7, 11) is 0. The van der Waals surface area contributed by atoms with E-state index in [1.165, 1.54) is 16.7 Å². The van der Waals surface area contributed by atoms with Gasteiger partial charge in [-0.05, 0) is 47.4 Å². The Balaban J connectivity index is 1.64. The number of halogens is 1. The lowest BCUT2D eigenvalue weighted by Crippen LogP contribution is -2.38. The molecule has 2 atom stereocenters. The third-order valence-electron chi connectivity index (χ3n) is 4.81.